The Morgan fingerprint density at radius 3 is 1.68 bits per heavy atom. The lowest BCUT2D eigenvalue weighted by Crippen LogP contribution is -2.15. The van der Waals surface area contributed by atoms with Crippen LogP contribution in [0.4, 0.5) is 0 Å². The predicted octanol–water partition coefficient (Wildman–Crippen LogP) is 13.8. The minimum atomic E-state index is -0.190. The minimum Gasteiger partial charge on any atom is -0.456 e. The van der Waals surface area contributed by atoms with Crippen LogP contribution in [0.25, 0.3) is 98.4 Å². The van der Waals surface area contributed by atoms with Crippen molar-refractivity contribution in [2.45, 2.75) is 19.3 Å². The lowest BCUT2D eigenvalue weighted by molar-refractivity contribution is 0.647. The van der Waals surface area contributed by atoms with Crippen LogP contribution in [0.2, 0.25) is 0 Å². The highest BCUT2D eigenvalue weighted by atomic mass is 16.3. The smallest absolute Gasteiger partial charge is 0.136 e. The number of rotatable bonds is 2. The van der Waals surface area contributed by atoms with E-state index in [1.54, 1.807) is 0 Å². The maximum absolute atomic E-state index is 6.54. The quantitative estimate of drug-likeness (QED) is 0.172. The number of benzene rings is 9. The first-order valence-electron chi connectivity index (χ1n) is 17.5. The van der Waals surface area contributed by atoms with E-state index in [0.717, 1.165) is 11.2 Å². The molecule has 0 saturated heterocycles. The molecule has 1 heterocycles. The van der Waals surface area contributed by atoms with E-state index in [0.29, 0.717) is 0 Å². The maximum Gasteiger partial charge on any atom is 0.136 e. The summed E-state index contributed by atoms with van der Waals surface area (Å²) in [5, 5.41) is 12.5. The van der Waals surface area contributed by atoms with E-state index in [1.807, 2.05) is 0 Å². The summed E-state index contributed by atoms with van der Waals surface area (Å²) in [5.41, 5.74) is 12.1. The monoisotopic (exact) mass is 636 g/mol. The van der Waals surface area contributed by atoms with Crippen LogP contribution in [0.15, 0.2) is 162 Å². The Morgan fingerprint density at radius 2 is 0.960 bits per heavy atom. The molecule has 11 rings (SSSR count). The molecule has 0 bridgehead atoms. The molecule has 0 fully saturated rings. The minimum absolute atomic E-state index is 0.190. The topological polar surface area (TPSA) is 13.1 Å². The summed E-state index contributed by atoms with van der Waals surface area (Å²) < 4.78 is 6.54. The molecule has 1 aliphatic rings. The molecule has 0 spiro atoms. The van der Waals surface area contributed by atoms with Crippen molar-refractivity contribution >= 4 is 65.0 Å². The van der Waals surface area contributed by atoms with Gasteiger partial charge in [0, 0.05) is 16.2 Å². The van der Waals surface area contributed by atoms with E-state index >= 15 is 0 Å². The first-order valence-corrected chi connectivity index (χ1v) is 17.5. The van der Waals surface area contributed by atoms with Gasteiger partial charge in [-0.25, -0.2) is 0 Å². The molecule has 1 aliphatic carbocycles. The van der Waals surface area contributed by atoms with Crippen molar-refractivity contribution in [2.24, 2.45) is 0 Å². The summed E-state index contributed by atoms with van der Waals surface area (Å²) in [6.07, 6.45) is 0. The van der Waals surface area contributed by atoms with Crippen molar-refractivity contribution in [3.63, 3.8) is 0 Å². The Hall–Kier alpha value is -6.18. The van der Waals surface area contributed by atoms with Crippen molar-refractivity contribution in [2.75, 3.05) is 0 Å². The molecule has 0 atom stereocenters. The fourth-order valence-electron chi connectivity index (χ4n) is 9.10. The molecular weight excluding hydrogens is 605 g/mol. The zero-order valence-corrected chi connectivity index (χ0v) is 27.9. The molecule has 0 radical (unpaired) electrons. The molecule has 1 nitrogen and oxygen atoms in total. The molecule has 1 aromatic heterocycles. The van der Waals surface area contributed by atoms with Gasteiger partial charge in [0.2, 0.25) is 0 Å². The van der Waals surface area contributed by atoms with Gasteiger partial charge in [-0.05, 0) is 112 Å². The zero-order chi connectivity index (χ0) is 33.1. The average molecular weight is 637 g/mol. The van der Waals surface area contributed by atoms with E-state index < -0.39 is 0 Å². The number of fused-ring (bicyclic) bond motifs is 11. The normalized spacial score (nSPS) is 13.6. The third-order valence-electron chi connectivity index (χ3n) is 11.4. The summed E-state index contributed by atoms with van der Waals surface area (Å²) in [6.45, 7) is 4.73. The highest BCUT2D eigenvalue weighted by Crippen LogP contribution is 2.53. The van der Waals surface area contributed by atoms with Gasteiger partial charge < -0.3 is 4.42 Å². The van der Waals surface area contributed by atoms with E-state index in [2.05, 4.69) is 172 Å². The van der Waals surface area contributed by atoms with E-state index in [4.69, 9.17) is 4.42 Å². The van der Waals surface area contributed by atoms with Gasteiger partial charge in [-0.15, -0.1) is 0 Å². The van der Waals surface area contributed by atoms with Gasteiger partial charge >= 0.3 is 0 Å². The van der Waals surface area contributed by atoms with Crippen LogP contribution >= 0.6 is 0 Å². The Kier molecular flexibility index (Phi) is 5.51. The summed E-state index contributed by atoms with van der Waals surface area (Å²) in [4.78, 5) is 0. The second-order valence-electron chi connectivity index (χ2n) is 14.4. The predicted molar refractivity (Wildman–Crippen MR) is 212 cm³/mol. The summed E-state index contributed by atoms with van der Waals surface area (Å²) in [5.74, 6) is 0. The Morgan fingerprint density at radius 1 is 0.380 bits per heavy atom. The Bertz CT molecular complexity index is 3000. The van der Waals surface area contributed by atoms with Crippen LogP contribution in [0.3, 0.4) is 0 Å². The SMILES string of the molecule is CC1(C)c2cc(-c3c4ccccc4c(-c4cccc5ccccc45)c4ccccc34)ccc2-c2cc3c(cc21)oc1ccc2ccccc2c13. The van der Waals surface area contributed by atoms with Crippen molar-refractivity contribution in [3.8, 4) is 33.4 Å². The standard InChI is InChI=1S/C49H32O/c1-49(2)42-26-31(22-24-34(42)40-27-41-45(28-43(40)49)50-44-25-23-30-13-4-6-16-33(30)48(41)44)46-36-17-7-9-19-38(36)47(39-20-10-8-18-37(39)46)35-21-11-14-29-12-3-5-15-32(29)35/h3-28H,1-2H3. The van der Waals surface area contributed by atoms with Gasteiger partial charge in [-0.1, -0.05) is 147 Å². The first-order chi connectivity index (χ1) is 24.6. The summed E-state index contributed by atoms with van der Waals surface area (Å²) in [7, 11) is 0. The van der Waals surface area contributed by atoms with Gasteiger partial charge in [-0.3, -0.25) is 0 Å². The molecule has 0 unspecified atom stereocenters. The molecule has 9 aromatic carbocycles. The van der Waals surface area contributed by atoms with E-state index in [-0.39, 0.29) is 5.41 Å². The van der Waals surface area contributed by atoms with Gasteiger partial charge in [0.15, 0.2) is 0 Å². The van der Waals surface area contributed by atoms with Crippen LogP contribution in [0.5, 0.6) is 0 Å². The van der Waals surface area contributed by atoms with Gasteiger partial charge in [-0.2, -0.15) is 0 Å². The molecule has 10 aromatic rings. The van der Waals surface area contributed by atoms with E-state index in [1.165, 1.54) is 98.4 Å². The van der Waals surface area contributed by atoms with Gasteiger partial charge in [0.25, 0.3) is 0 Å². The molecule has 0 saturated carbocycles. The fraction of sp³-hybridized carbons (Fsp3) is 0.0612. The van der Waals surface area contributed by atoms with Crippen molar-refractivity contribution < 1.29 is 4.42 Å². The molecule has 50 heavy (non-hydrogen) atoms. The second-order valence-corrected chi connectivity index (χ2v) is 14.4. The fourth-order valence-corrected chi connectivity index (χ4v) is 9.10. The van der Waals surface area contributed by atoms with Crippen molar-refractivity contribution in [1.29, 1.82) is 0 Å². The third kappa shape index (κ3) is 3.67. The summed E-state index contributed by atoms with van der Waals surface area (Å²) >= 11 is 0. The Balaban J connectivity index is 1.16. The Labute approximate surface area is 290 Å². The van der Waals surface area contributed by atoms with Crippen LogP contribution in [-0.4, -0.2) is 0 Å². The molecule has 0 N–H and O–H groups in total. The first kappa shape index (κ1) is 27.7. The summed E-state index contributed by atoms with van der Waals surface area (Å²) in [6, 6.07) is 58.2. The van der Waals surface area contributed by atoms with Crippen molar-refractivity contribution in [1.82, 2.24) is 0 Å². The second kappa shape index (κ2) is 9.94. The number of furan rings is 1. The van der Waals surface area contributed by atoms with Crippen LogP contribution < -0.4 is 0 Å². The van der Waals surface area contributed by atoms with Crippen molar-refractivity contribution in [3.05, 3.63) is 169 Å². The number of hydrogen-bond donors (Lipinski definition) is 0. The average Bonchev–Trinajstić information content (AvgIpc) is 3.64. The lowest BCUT2D eigenvalue weighted by Gasteiger charge is -2.23. The molecule has 234 valence electrons. The highest BCUT2D eigenvalue weighted by molar-refractivity contribution is 6.24. The zero-order valence-electron chi connectivity index (χ0n) is 27.9. The van der Waals surface area contributed by atoms with Crippen LogP contribution in [0.1, 0.15) is 25.0 Å². The molecule has 1 heteroatoms. The molecular formula is C49H32O. The third-order valence-corrected chi connectivity index (χ3v) is 11.4. The lowest BCUT2D eigenvalue weighted by atomic mass is 9.80. The largest absolute Gasteiger partial charge is 0.456 e. The highest BCUT2D eigenvalue weighted by Gasteiger charge is 2.37. The number of hydrogen-bond acceptors (Lipinski definition) is 1. The van der Waals surface area contributed by atoms with Crippen LogP contribution in [-0.2, 0) is 5.41 Å². The van der Waals surface area contributed by atoms with Gasteiger partial charge in [0.05, 0.1) is 0 Å². The molecule has 0 aliphatic heterocycles. The molecule has 0 amide bonds. The van der Waals surface area contributed by atoms with Crippen LogP contribution in [0, 0.1) is 0 Å². The van der Waals surface area contributed by atoms with E-state index in [9.17, 15) is 0 Å². The van der Waals surface area contributed by atoms with Gasteiger partial charge in [0.1, 0.15) is 11.2 Å². The maximum atomic E-state index is 6.54.